The van der Waals surface area contributed by atoms with E-state index in [-0.39, 0.29) is 23.7 Å². The summed E-state index contributed by atoms with van der Waals surface area (Å²) in [5.74, 6) is -0.166. The van der Waals surface area contributed by atoms with Crippen molar-refractivity contribution in [1.82, 2.24) is 9.80 Å². The van der Waals surface area contributed by atoms with E-state index in [0.717, 1.165) is 80.7 Å². The zero-order valence-corrected chi connectivity index (χ0v) is 24.3. The summed E-state index contributed by atoms with van der Waals surface area (Å²) in [7, 11) is 2.01. The average Bonchev–Trinajstić information content (AvgIpc) is 3.53. The fourth-order valence-electron chi connectivity index (χ4n) is 4.98. The Hall–Kier alpha value is -2.91. The van der Waals surface area contributed by atoms with E-state index in [1.165, 1.54) is 42.0 Å². The molecule has 2 aliphatic rings. The van der Waals surface area contributed by atoms with Crippen LogP contribution >= 0.6 is 11.3 Å². The third-order valence-corrected chi connectivity index (χ3v) is 8.23. The number of unbranched alkanes of at least 4 members (excludes halogenated alkanes) is 2. The highest BCUT2D eigenvalue weighted by Gasteiger charge is 2.31. The summed E-state index contributed by atoms with van der Waals surface area (Å²) in [6, 6.07) is 5.29. The van der Waals surface area contributed by atoms with E-state index >= 15 is 0 Å². The predicted molar refractivity (Wildman–Crippen MR) is 155 cm³/mol. The van der Waals surface area contributed by atoms with Gasteiger partial charge in [0.15, 0.2) is 0 Å². The topological polar surface area (TPSA) is 86.8 Å². The molecule has 3 heterocycles. The van der Waals surface area contributed by atoms with Gasteiger partial charge in [0.25, 0.3) is 5.91 Å². The number of benzene rings is 1. The SMILES string of the molecule is C=O.CCCCCc1c(C)sc(NC(=O)C2CCCN2C)c1C(=O)N1CCCCC1.O=Cc1ccc(F)cc1. The van der Waals surface area contributed by atoms with Crippen LogP contribution in [0.1, 0.15) is 89.4 Å². The number of hydrogen-bond acceptors (Lipinski definition) is 6. The van der Waals surface area contributed by atoms with Crippen LogP contribution in [0.15, 0.2) is 24.3 Å². The smallest absolute Gasteiger partial charge is 0.257 e. The van der Waals surface area contributed by atoms with Crippen molar-refractivity contribution >= 4 is 41.2 Å². The Morgan fingerprint density at radius 1 is 1.08 bits per heavy atom. The number of halogens is 1. The highest BCUT2D eigenvalue weighted by atomic mass is 32.1. The van der Waals surface area contributed by atoms with Gasteiger partial charge in [0.2, 0.25) is 5.91 Å². The van der Waals surface area contributed by atoms with Crippen molar-refractivity contribution in [3.63, 3.8) is 0 Å². The molecule has 1 aromatic heterocycles. The minimum Gasteiger partial charge on any atom is -0.339 e. The van der Waals surface area contributed by atoms with E-state index in [0.29, 0.717) is 11.8 Å². The molecule has 2 fully saturated rings. The number of likely N-dealkylation sites (tertiary alicyclic amines) is 2. The third-order valence-electron chi connectivity index (χ3n) is 7.16. The number of hydrogen-bond donors (Lipinski definition) is 1. The number of carbonyl (C=O) groups excluding carboxylic acids is 4. The maximum Gasteiger partial charge on any atom is 0.257 e. The average molecular weight is 560 g/mol. The third kappa shape index (κ3) is 9.35. The van der Waals surface area contributed by atoms with Crippen LogP contribution in [-0.4, -0.2) is 67.4 Å². The van der Waals surface area contributed by atoms with Crippen molar-refractivity contribution in [2.45, 2.75) is 77.7 Å². The molecule has 0 spiro atoms. The second-order valence-electron chi connectivity index (χ2n) is 9.95. The van der Waals surface area contributed by atoms with Crippen LogP contribution in [0.4, 0.5) is 9.39 Å². The van der Waals surface area contributed by atoms with Gasteiger partial charge in [-0.1, -0.05) is 19.8 Å². The van der Waals surface area contributed by atoms with Crippen molar-refractivity contribution in [2.75, 3.05) is 32.0 Å². The summed E-state index contributed by atoms with van der Waals surface area (Å²) in [6.45, 7) is 8.92. The molecule has 0 aliphatic carbocycles. The van der Waals surface area contributed by atoms with Crippen LogP contribution < -0.4 is 5.32 Å². The first-order chi connectivity index (χ1) is 18.8. The quantitative estimate of drug-likeness (QED) is 0.321. The zero-order valence-electron chi connectivity index (χ0n) is 23.5. The number of nitrogens with one attached hydrogen (secondary N) is 1. The molecule has 0 bridgehead atoms. The molecule has 1 atom stereocenters. The number of thiophene rings is 1. The van der Waals surface area contributed by atoms with Gasteiger partial charge in [-0.3, -0.25) is 19.3 Å². The maximum absolute atomic E-state index is 13.4. The van der Waals surface area contributed by atoms with Crippen LogP contribution in [0.5, 0.6) is 0 Å². The number of piperidine rings is 1. The maximum atomic E-state index is 13.4. The molecule has 9 heteroatoms. The monoisotopic (exact) mass is 559 g/mol. The van der Waals surface area contributed by atoms with Gasteiger partial charge in [0, 0.05) is 23.5 Å². The van der Waals surface area contributed by atoms with E-state index in [4.69, 9.17) is 4.79 Å². The van der Waals surface area contributed by atoms with Gasteiger partial charge in [0.1, 0.15) is 23.9 Å². The Balaban J connectivity index is 0.000000407. The largest absolute Gasteiger partial charge is 0.339 e. The highest BCUT2D eigenvalue weighted by Crippen LogP contribution is 2.36. The number of nitrogens with zero attached hydrogens (tertiary/aromatic N) is 2. The zero-order chi connectivity index (χ0) is 28.8. The van der Waals surface area contributed by atoms with Crippen LogP contribution in [-0.2, 0) is 16.0 Å². The summed E-state index contributed by atoms with van der Waals surface area (Å²) in [5, 5.41) is 3.91. The molecule has 1 aromatic carbocycles. The number of anilines is 1. The minimum atomic E-state index is -0.319. The lowest BCUT2D eigenvalue weighted by Gasteiger charge is -2.27. The van der Waals surface area contributed by atoms with Gasteiger partial charge in [0.05, 0.1) is 11.6 Å². The number of carbonyl (C=O) groups is 4. The Morgan fingerprint density at radius 3 is 2.31 bits per heavy atom. The number of amides is 2. The van der Waals surface area contributed by atoms with E-state index in [1.54, 1.807) is 11.3 Å². The first kappa shape index (κ1) is 32.3. The van der Waals surface area contributed by atoms with Crippen LogP contribution in [0.2, 0.25) is 0 Å². The Labute approximate surface area is 235 Å². The Morgan fingerprint density at radius 2 is 1.74 bits per heavy atom. The molecule has 2 saturated heterocycles. The van der Waals surface area contributed by atoms with Gasteiger partial charge < -0.3 is 15.0 Å². The Bertz CT molecular complexity index is 1070. The van der Waals surface area contributed by atoms with E-state index in [1.807, 2.05) is 18.7 Å². The van der Waals surface area contributed by atoms with Gasteiger partial charge >= 0.3 is 0 Å². The molecular weight excluding hydrogens is 517 g/mol. The molecule has 1 unspecified atom stereocenters. The van der Waals surface area contributed by atoms with Crippen LogP contribution in [0, 0.1) is 12.7 Å². The number of likely N-dealkylation sites (N-methyl/N-ethyl adjacent to an activating group) is 1. The molecule has 0 saturated carbocycles. The lowest BCUT2D eigenvalue weighted by atomic mass is 10.0. The lowest BCUT2D eigenvalue weighted by molar-refractivity contribution is -0.119. The van der Waals surface area contributed by atoms with Crippen molar-refractivity contribution in [3.8, 4) is 0 Å². The normalized spacial score (nSPS) is 16.9. The number of aryl methyl sites for hydroxylation is 1. The van der Waals surface area contributed by atoms with E-state index < -0.39 is 0 Å². The summed E-state index contributed by atoms with van der Waals surface area (Å²) in [5.41, 5.74) is 2.43. The van der Waals surface area contributed by atoms with Gasteiger partial charge in [-0.25, -0.2) is 4.39 Å². The van der Waals surface area contributed by atoms with Gasteiger partial charge in [-0.2, -0.15) is 0 Å². The molecule has 1 N–H and O–H groups in total. The standard InChI is InChI=1S/C22H35N3O2S.C7H5FO.CH2O/c1-4-5-7-11-17-16(2)28-21(23-20(26)18-12-10-13-24(18)3)19(17)22(27)25-14-8-6-9-15-25;8-7-3-1-6(5-9)2-4-7;1-2/h18H,4-15H2,1-3H3,(H,23,26);1-5H;1H2. The molecule has 7 nitrogen and oxygen atoms in total. The second-order valence-corrected chi connectivity index (χ2v) is 11.2. The summed E-state index contributed by atoms with van der Waals surface area (Å²) < 4.78 is 12.1. The minimum absolute atomic E-state index is 0.0362. The van der Waals surface area contributed by atoms with Crippen LogP contribution in [0.25, 0.3) is 0 Å². The molecule has 214 valence electrons. The fraction of sp³-hybridized carbons (Fsp3) is 0.533. The molecule has 2 amide bonds. The molecule has 2 aromatic rings. The van der Waals surface area contributed by atoms with Crippen molar-refractivity contribution < 1.29 is 23.6 Å². The fourth-order valence-corrected chi connectivity index (χ4v) is 6.08. The Kier molecular flexibility index (Phi) is 14.0. The predicted octanol–water partition coefficient (Wildman–Crippen LogP) is 5.90. The second kappa shape index (κ2) is 16.9. The molecule has 0 radical (unpaired) electrons. The molecule has 2 aliphatic heterocycles. The number of rotatable bonds is 8. The molecule has 4 rings (SSSR count). The van der Waals surface area contributed by atoms with Crippen molar-refractivity contribution in [1.29, 1.82) is 0 Å². The summed E-state index contributed by atoms with van der Waals surface area (Å²) in [6.07, 6.45) is 10.3. The van der Waals surface area contributed by atoms with E-state index in [9.17, 15) is 18.8 Å². The summed E-state index contributed by atoms with van der Waals surface area (Å²) >= 11 is 1.58. The number of aldehydes is 1. The molecule has 39 heavy (non-hydrogen) atoms. The van der Waals surface area contributed by atoms with Gasteiger partial charge in [-0.15, -0.1) is 11.3 Å². The van der Waals surface area contributed by atoms with Crippen LogP contribution in [0.3, 0.4) is 0 Å². The molecular formula is C30H42FN3O4S. The summed E-state index contributed by atoms with van der Waals surface area (Å²) in [4.78, 5) is 49.6. The highest BCUT2D eigenvalue weighted by molar-refractivity contribution is 7.16. The first-order valence-corrected chi connectivity index (χ1v) is 14.6. The van der Waals surface area contributed by atoms with Crippen molar-refractivity contribution in [2.24, 2.45) is 0 Å². The van der Waals surface area contributed by atoms with Crippen molar-refractivity contribution in [3.05, 3.63) is 51.7 Å². The lowest BCUT2D eigenvalue weighted by Crippen LogP contribution is -2.38. The van der Waals surface area contributed by atoms with Gasteiger partial charge in [-0.05, 0) is 95.3 Å². The first-order valence-electron chi connectivity index (χ1n) is 13.8. The van der Waals surface area contributed by atoms with E-state index in [2.05, 4.69) is 24.1 Å².